The third kappa shape index (κ3) is 2.94. The van der Waals surface area contributed by atoms with Gasteiger partial charge in [0.2, 0.25) is 0 Å². The molecule has 1 amide bonds. The molecule has 0 aromatic heterocycles. The zero-order chi connectivity index (χ0) is 14.9. The molecular formula is C14H15F4NO. The van der Waals surface area contributed by atoms with E-state index in [9.17, 15) is 22.4 Å². The Hall–Kier alpha value is -1.59. The van der Waals surface area contributed by atoms with Gasteiger partial charge in [-0.2, -0.15) is 13.2 Å². The third-order valence-corrected chi connectivity index (χ3v) is 3.59. The number of hydrogen-bond acceptors (Lipinski definition) is 1. The molecular weight excluding hydrogens is 274 g/mol. The molecule has 0 N–H and O–H groups in total. The van der Waals surface area contributed by atoms with Crippen LogP contribution in [0.4, 0.5) is 17.6 Å². The van der Waals surface area contributed by atoms with Crippen LogP contribution in [-0.4, -0.2) is 30.1 Å². The number of alkyl halides is 3. The summed E-state index contributed by atoms with van der Waals surface area (Å²) in [4.78, 5) is 13.3. The lowest BCUT2D eigenvalue weighted by Gasteiger charge is -2.33. The average Bonchev–Trinajstić information content (AvgIpc) is 2.40. The van der Waals surface area contributed by atoms with Crippen LogP contribution >= 0.6 is 0 Å². The second-order valence-corrected chi connectivity index (χ2v) is 5.07. The molecule has 2 nitrogen and oxygen atoms in total. The molecule has 0 bridgehead atoms. The molecule has 1 aliphatic rings. The van der Waals surface area contributed by atoms with Crippen LogP contribution in [0.15, 0.2) is 18.2 Å². The molecule has 1 saturated heterocycles. The Morgan fingerprint density at radius 1 is 1.35 bits per heavy atom. The highest BCUT2D eigenvalue weighted by Gasteiger charge is 2.42. The second kappa shape index (κ2) is 5.42. The first-order valence-corrected chi connectivity index (χ1v) is 6.42. The lowest BCUT2D eigenvalue weighted by molar-refractivity contribution is -0.184. The van der Waals surface area contributed by atoms with E-state index in [4.69, 9.17) is 0 Å². The van der Waals surface area contributed by atoms with Gasteiger partial charge in [-0.1, -0.05) is 12.1 Å². The number of amides is 1. The molecule has 6 heteroatoms. The molecule has 110 valence electrons. The van der Waals surface area contributed by atoms with E-state index >= 15 is 0 Å². The van der Waals surface area contributed by atoms with Gasteiger partial charge in [0.1, 0.15) is 5.82 Å². The fourth-order valence-corrected chi connectivity index (χ4v) is 2.41. The molecule has 0 aliphatic carbocycles. The average molecular weight is 289 g/mol. The van der Waals surface area contributed by atoms with Gasteiger partial charge >= 0.3 is 6.18 Å². The van der Waals surface area contributed by atoms with Crippen molar-refractivity contribution in [1.82, 2.24) is 4.90 Å². The van der Waals surface area contributed by atoms with Crippen LogP contribution in [0.25, 0.3) is 0 Å². The lowest BCUT2D eigenvalue weighted by atomic mass is 9.96. The normalized spacial score (nSPS) is 20.1. The molecule has 0 radical (unpaired) electrons. The fraction of sp³-hybridized carbons (Fsp3) is 0.500. The molecule has 1 aromatic carbocycles. The summed E-state index contributed by atoms with van der Waals surface area (Å²) >= 11 is 0. The Balaban J connectivity index is 2.19. The fourth-order valence-electron chi connectivity index (χ4n) is 2.41. The van der Waals surface area contributed by atoms with E-state index in [0.29, 0.717) is 5.56 Å². The molecule has 1 atom stereocenters. The van der Waals surface area contributed by atoms with Crippen LogP contribution in [0.2, 0.25) is 0 Å². The van der Waals surface area contributed by atoms with Crippen LogP contribution in [-0.2, 0) is 0 Å². The zero-order valence-electron chi connectivity index (χ0n) is 11.0. The van der Waals surface area contributed by atoms with Crippen molar-refractivity contribution in [1.29, 1.82) is 0 Å². The van der Waals surface area contributed by atoms with Gasteiger partial charge in [-0.3, -0.25) is 4.79 Å². The van der Waals surface area contributed by atoms with Crippen LogP contribution < -0.4 is 0 Å². The van der Waals surface area contributed by atoms with E-state index in [1.54, 1.807) is 0 Å². The summed E-state index contributed by atoms with van der Waals surface area (Å²) < 4.78 is 52.0. The van der Waals surface area contributed by atoms with Crippen molar-refractivity contribution < 1.29 is 22.4 Å². The summed E-state index contributed by atoms with van der Waals surface area (Å²) in [6.45, 7) is 1.36. The standard InChI is InChI=1S/C14H15F4NO/c1-9-4-2-6-11(12(9)15)13(20)19-7-3-5-10(8-19)14(16,17)18/h2,4,6,10H,3,5,7-8H2,1H3. The molecule has 1 aromatic rings. The van der Waals surface area contributed by atoms with Crippen molar-refractivity contribution in [3.05, 3.63) is 35.1 Å². The number of hydrogen-bond donors (Lipinski definition) is 0. The lowest BCUT2D eigenvalue weighted by Crippen LogP contribution is -2.44. The van der Waals surface area contributed by atoms with Crippen molar-refractivity contribution in [2.75, 3.05) is 13.1 Å². The quantitative estimate of drug-likeness (QED) is 0.724. The number of halogens is 4. The zero-order valence-corrected chi connectivity index (χ0v) is 11.0. The van der Waals surface area contributed by atoms with E-state index in [1.165, 1.54) is 25.1 Å². The van der Waals surface area contributed by atoms with Crippen LogP contribution in [0.5, 0.6) is 0 Å². The summed E-state index contributed by atoms with van der Waals surface area (Å²) in [6.07, 6.45) is -4.02. The highest BCUT2D eigenvalue weighted by atomic mass is 19.4. The second-order valence-electron chi connectivity index (χ2n) is 5.07. The van der Waals surface area contributed by atoms with Gasteiger partial charge in [-0.25, -0.2) is 4.39 Å². The number of benzene rings is 1. The molecule has 0 spiro atoms. The first-order valence-electron chi connectivity index (χ1n) is 6.42. The highest BCUT2D eigenvalue weighted by molar-refractivity contribution is 5.94. The minimum absolute atomic E-state index is 0.0174. The van der Waals surface area contributed by atoms with Gasteiger partial charge in [-0.15, -0.1) is 0 Å². The number of carbonyl (C=O) groups excluding carboxylic acids is 1. The van der Waals surface area contributed by atoms with Gasteiger partial charge < -0.3 is 4.90 Å². The van der Waals surface area contributed by atoms with Gasteiger partial charge in [-0.05, 0) is 31.4 Å². The van der Waals surface area contributed by atoms with E-state index in [2.05, 4.69) is 0 Å². The largest absolute Gasteiger partial charge is 0.393 e. The van der Waals surface area contributed by atoms with Gasteiger partial charge in [0.25, 0.3) is 5.91 Å². The van der Waals surface area contributed by atoms with Crippen molar-refractivity contribution >= 4 is 5.91 Å². The van der Waals surface area contributed by atoms with Crippen molar-refractivity contribution in [3.8, 4) is 0 Å². The maximum Gasteiger partial charge on any atom is 0.393 e. The smallest absolute Gasteiger partial charge is 0.338 e. The summed E-state index contributed by atoms with van der Waals surface area (Å²) in [5, 5.41) is 0. The number of carbonyl (C=O) groups is 1. The van der Waals surface area contributed by atoms with E-state index in [1.807, 2.05) is 0 Å². The Labute approximate surface area is 114 Å². The number of likely N-dealkylation sites (tertiary alicyclic amines) is 1. The van der Waals surface area contributed by atoms with Gasteiger partial charge in [0.15, 0.2) is 0 Å². The topological polar surface area (TPSA) is 20.3 Å². The number of piperidine rings is 1. The Morgan fingerprint density at radius 3 is 2.70 bits per heavy atom. The Morgan fingerprint density at radius 2 is 2.05 bits per heavy atom. The molecule has 0 saturated carbocycles. The first kappa shape index (κ1) is 14.8. The maximum atomic E-state index is 13.9. The van der Waals surface area contributed by atoms with E-state index < -0.39 is 30.4 Å². The summed E-state index contributed by atoms with van der Waals surface area (Å²) in [6, 6.07) is 4.35. The molecule has 1 heterocycles. The third-order valence-electron chi connectivity index (χ3n) is 3.59. The molecule has 20 heavy (non-hydrogen) atoms. The number of rotatable bonds is 1. The van der Waals surface area contributed by atoms with Crippen molar-refractivity contribution in [2.24, 2.45) is 5.92 Å². The maximum absolute atomic E-state index is 13.9. The SMILES string of the molecule is Cc1cccc(C(=O)N2CCCC(C(F)(F)F)C2)c1F. The molecule has 1 unspecified atom stereocenters. The summed E-state index contributed by atoms with van der Waals surface area (Å²) in [5.74, 6) is -2.85. The van der Waals surface area contributed by atoms with Gasteiger partial charge in [0.05, 0.1) is 11.5 Å². The molecule has 1 fully saturated rings. The highest BCUT2D eigenvalue weighted by Crippen LogP contribution is 2.33. The molecule has 1 aliphatic heterocycles. The monoisotopic (exact) mass is 289 g/mol. The van der Waals surface area contributed by atoms with Gasteiger partial charge in [0, 0.05) is 13.1 Å². The van der Waals surface area contributed by atoms with E-state index in [-0.39, 0.29) is 24.9 Å². The molecule has 2 rings (SSSR count). The summed E-state index contributed by atoms with van der Waals surface area (Å²) in [7, 11) is 0. The van der Waals surface area contributed by atoms with Crippen LogP contribution in [0.3, 0.4) is 0 Å². The minimum atomic E-state index is -4.32. The predicted octanol–water partition coefficient (Wildman–Crippen LogP) is 3.55. The summed E-state index contributed by atoms with van der Waals surface area (Å²) in [5.41, 5.74) is 0.146. The van der Waals surface area contributed by atoms with Crippen molar-refractivity contribution in [2.45, 2.75) is 25.9 Å². The Kier molecular flexibility index (Phi) is 4.01. The van der Waals surface area contributed by atoms with Crippen molar-refractivity contribution in [3.63, 3.8) is 0 Å². The minimum Gasteiger partial charge on any atom is -0.338 e. The van der Waals surface area contributed by atoms with Crippen LogP contribution in [0, 0.1) is 18.7 Å². The Bertz CT molecular complexity index is 512. The van der Waals surface area contributed by atoms with E-state index in [0.717, 1.165) is 4.90 Å². The number of nitrogens with zero attached hydrogens (tertiary/aromatic N) is 1. The first-order chi connectivity index (χ1) is 9.30. The predicted molar refractivity (Wildman–Crippen MR) is 65.8 cm³/mol. The number of aryl methyl sites for hydroxylation is 1. The van der Waals surface area contributed by atoms with Crippen LogP contribution in [0.1, 0.15) is 28.8 Å².